The highest BCUT2D eigenvalue weighted by atomic mass is 19.2. The van der Waals surface area contributed by atoms with Crippen molar-refractivity contribution >= 4 is 0 Å². The molecule has 3 unspecified atom stereocenters. The van der Waals surface area contributed by atoms with Crippen molar-refractivity contribution in [2.45, 2.75) is 32.1 Å². The molecule has 0 aromatic heterocycles. The van der Waals surface area contributed by atoms with Crippen LogP contribution in [0.2, 0.25) is 0 Å². The first-order chi connectivity index (χ1) is 8.64. The van der Waals surface area contributed by atoms with Crippen LogP contribution in [-0.4, -0.2) is 6.54 Å². The van der Waals surface area contributed by atoms with Gasteiger partial charge in [-0.2, -0.15) is 0 Å². The van der Waals surface area contributed by atoms with Gasteiger partial charge in [-0.1, -0.05) is 18.6 Å². The first kappa shape index (κ1) is 12.1. The van der Waals surface area contributed by atoms with Crippen LogP contribution in [0.5, 0.6) is 0 Å². The van der Waals surface area contributed by atoms with Crippen molar-refractivity contribution in [3.63, 3.8) is 0 Å². The molecule has 3 atom stereocenters. The highest BCUT2D eigenvalue weighted by Crippen LogP contribution is 2.56. The maximum atomic E-state index is 13.8. The van der Waals surface area contributed by atoms with Crippen LogP contribution in [0.15, 0.2) is 18.2 Å². The van der Waals surface area contributed by atoms with Crippen LogP contribution in [0.1, 0.15) is 31.2 Å². The van der Waals surface area contributed by atoms with E-state index in [1.54, 1.807) is 12.1 Å². The topological polar surface area (TPSA) is 26.0 Å². The molecule has 0 aliphatic heterocycles. The van der Waals surface area contributed by atoms with Crippen LogP contribution in [0.25, 0.3) is 0 Å². The van der Waals surface area contributed by atoms with Crippen molar-refractivity contribution in [2.24, 2.45) is 23.0 Å². The summed E-state index contributed by atoms with van der Waals surface area (Å²) in [5, 5.41) is 0. The molecule has 1 nitrogen and oxygen atoms in total. The van der Waals surface area contributed by atoms with E-state index in [9.17, 15) is 8.78 Å². The van der Waals surface area contributed by atoms with Crippen molar-refractivity contribution < 1.29 is 8.78 Å². The van der Waals surface area contributed by atoms with E-state index in [0.29, 0.717) is 24.4 Å². The second-order valence-corrected chi connectivity index (χ2v) is 6.04. The summed E-state index contributed by atoms with van der Waals surface area (Å²) < 4.78 is 27.1. The lowest BCUT2D eigenvalue weighted by molar-refractivity contribution is 0.169. The fourth-order valence-corrected chi connectivity index (χ4v) is 4.16. The number of hydrogen-bond donors (Lipinski definition) is 1. The van der Waals surface area contributed by atoms with E-state index in [0.717, 1.165) is 12.3 Å². The van der Waals surface area contributed by atoms with Gasteiger partial charge >= 0.3 is 0 Å². The first-order valence-electron chi connectivity index (χ1n) is 6.77. The Balaban J connectivity index is 1.88. The zero-order valence-electron chi connectivity index (χ0n) is 10.5. The maximum Gasteiger partial charge on any atom is 0.162 e. The summed E-state index contributed by atoms with van der Waals surface area (Å²) >= 11 is 0. The largest absolute Gasteiger partial charge is 0.330 e. The summed E-state index contributed by atoms with van der Waals surface area (Å²) in [6.07, 6.45) is 5.41. The number of benzene rings is 1. The van der Waals surface area contributed by atoms with Crippen molar-refractivity contribution in [1.29, 1.82) is 0 Å². The molecule has 2 saturated carbocycles. The van der Waals surface area contributed by atoms with Gasteiger partial charge in [0.05, 0.1) is 0 Å². The Hall–Kier alpha value is -0.960. The molecular weight excluding hydrogens is 232 g/mol. The second-order valence-electron chi connectivity index (χ2n) is 6.04. The minimum absolute atomic E-state index is 0.0115. The molecule has 98 valence electrons. The van der Waals surface area contributed by atoms with Crippen LogP contribution in [0.4, 0.5) is 8.78 Å². The Morgan fingerprint density at radius 3 is 2.72 bits per heavy atom. The van der Waals surface area contributed by atoms with Gasteiger partial charge in [0.1, 0.15) is 0 Å². The van der Waals surface area contributed by atoms with Crippen molar-refractivity contribution in [2.75, 3.05) is 6.54 Å². The quantitative estimate of drug-likeness (QED) is 0.876. The standard InChI is InChI=1S/C15H19F2N/c16-13-3-1-2-11(14(13)17)8-15(9-18)7-10-4-5-12(15)6-10/h1-3,10,12H,4-9,18H2. The van der Waals surface area contributed by atoms with Gasteiger partial charge in [0, 0.05) is 0 Å². The molecule has 0 saturated heterocycles. The van der Waals surface area contributed by atoms with Crippen LogP contribution in [0.3, 0.4) is 0 Å². The van der Waals surface area contributed by atoms with E-state index in [1.807, 2.05) is 0 Å². The highest BCUT2D eigenvalue weighted by molar-refractivity contribution is 5.22. The Kier molecular flexibility index (Phi) is 2.89. The molecule has 0 radical (unpaired) electrons. The van der Waals surface area contributed by atoms with Gasteiger partial charge in [-0.25, -0.2) is 8.78 Å². The minimum Gasteiger partial charge on any atom is -0.330 e. The fraction of sp³-hybridized carbons (Fsp3) is 0.600. The molecule has 0 amide bonds. The maximum absolute atomic E-state index is 13.8. The molecule has 0 spiro atoms. The molecular formula is C15H19F2N. The zero-order chi connectivity index (χ0) is 12.8. The number of hydrogen-bond acceptors (Lipinski definition) is 1. The summed E-state index contributed by atoms with van der Waals surface area (Å²) in [5.74, 6) is -0.0683. The SMILES string of the molecule is NCC1(Cc2cccc(F)c2F)CC2CCC1C2. The lowest BCUT2D eigenvalue weighted by atomic mass is 9.69. The van der Waals surface area contributed by atoms with Crippen LogP contribution in [-0.2, 0) is 6.42 Å². The predicted molar refractivity (Wildman–Crippen MR) is 67.0 cm³/mol. The Morgan fingerprint density at radius 1 is 1.28 bits per heavy atom. The van der Waals surface area contributed by atoms with Gasteiger partial charge in [0.15, 0.2) is 11.6 Å². The third-order valence-electron chi connectivity index (χ3n) is 5.08. The monoisotopic (exact) mass is 251 g/mol. The zero-order valence-corrected chi connectivity index (χ0v) is 10.5. The molecule has 2 fully saturated rings. The van der Waals surface area contributed by atoms with E-state index < -0.39 is 11.6 Å². The molecule has 1 aromatic rings. The Morgan fingerprint density at radius 2 is 2.11 bits per heavy atom. The Bertz CT molecular complexity index is 460. The molecule has 2 aliphatic rings. The summed E-state index contributed by atoms with van der Waals surface area (Å²) in [5.41, 5.74) is 6.48. The second kappa shape index (κ2) is 4.30. The van der Waals surface area contributed by atoms with Crippen molar-refractivity contribution in [3.8, 4) is 0 Å². The van der Waals surface area contributed by atoms with E-state index >= 15 is 0 Å². The molecule has 0 heterocycles. The fourth-order valence-electron chi connectivity index (χ4n) is 4.16. The lowest BCUT2D eigenvalue weighted by Gasteiger charge is -2.37. The van der Waals surface area contributed by atoms with Gasteiger partial charge in [-0.05, 0) is 61.1 Å². The normalized spacial score (nSPS) is 34.2. The molecule has 2 bridgehead atoms. The van der Waals surface area contributed by atoms with Crippen LogP contribution < -0.4 is 5.73 Å². The summed E-state index contributed by atoms with van der Waals surface area (Å²) in [6, 6.07) is 4.46. The molecule has 3 heteroatoms. The smallest absolute Gasteiger partial charge is 0.162 e. The predicted octanol–water partition coefficient (Wildman–Crippen LogP) is 3.27. The number of nitrogens with two attached hydrogens (primary N) is 1. The van der Waals surface area contributed by atoms with Gasteiger partial charge in [-0.3, -0.25) is 0 Å². The Labute approximate surface area is 106 Å². The third kappa shape index (κ3) is 1.76. The van der Waals surface area contributed by atoms with Crippen LogP contribution in [0, 0.1) is 28.9 Å². The van der Waals surface area contributed by atoms with Crippen molar-refractivity contribution in [3.05, 3.63) is 35.4 Å². The first-order valence-corrected chi connectivity index (χ1v) is 6.77. The van der Waals surface area contributed by atoms with Gasteiger partial charge in [-0.15, -0.1) is 0 Å². The molecule has 3 rings (SSSR count). The van der Waals surface area contributed by atoms with Gasteiger partial charge in [0.2, 0.25) is 0 Å². The van der Waals surface area contributed by atoms with E-state index in [-0.39, 0.29) is 5.41 Å². The number of halogens is 2. The molecule has 1 aromatic carbocycles. The van der Waals surface area contributed by atoms with Crippen LogP contribution >= 0.6 is 0 Å². The number of rotatable bonds is 3. The summed E-state index contributed by atoms with van der Waals surface area (Å²) in [7, 11) is 0. The lowest BCUT2D eigenvalue weighted by Crippen LogP contribution is -2.38. The average Bonchev–Trinajstić information content (AvgIpc) is 2.96. The van der Waals surface area contributed by atoms with E-state index in [2.05, 4.69) is 0 Å². The molecule has 2 N–H and O–H groups in total. The summed E-state index contributed by atoms with van der Waals surface area (Å²) in [4.78, 5) is 0. The van der Waals surface area contributed by atoms with Crippen molar-refractivity contribution in [1.82, 2.24) is 0 Å². The van der Waals surface area contributed by atoms with E-state index in [4.69, 9.17) is 5.73 Å². The number of fused-ring (bicyclic) bond motifs is 2. The minimum atomic E-state index is -0.747. The highest BCUT2D eigenvalue weighted by Gasteiger charge is 2.50. The summed E-state index contributed by atoms with van der Waals surface area (Å²) in [6.45, 7) is 0.587. The molecule has 18 heavy (non-hydrogen) atoms. The average molecular weight is 251 g/mol. The molecule has 2 aliphatic carbocycles. The van der Waals surface area contributed by atoms with Gasteiger partial charge in [0.25, 0.3) is 0 Å². The van der Waals surface area contributed by atoms with E-state index in [1.165, 1.54) is 25.3 Å². The van der Waals surface area contributed by atoms with Gasteiger partial charge < -0.3 is 5.73 Å². The third-order valence-corrected chi connectivity index (χ3v) is 5.08.